The normalized spacial score (nSPS) is 12.2. The van der Waals surface area contributed by atoms with Crippen molar-refractivity contribution in [3.05, 3.63) is 100 Å². The minimum absolute atomic E-state index is 0.141. The number of hydrogen-bond acceptors (Lipinski definition) is 3. The molecule has 2 heterocycles. The molecule has 0 atom stereocenters. The van der Waals surface area contributed by atoms with Gasteiger partial charge in [0.2, 0.25) is 0 Å². The molecule has 0 spiro atoms. The van der Waals surface area contributed by atoms with Gasteiger partial charge in [0.25, 0.3) is 5.91 Å². The topological polar surface area (TPSA) is 71.9 Å². The monoisotopic (exact) mass is 632 g/mol. The molecule has 0 saturated heterocycles. The molecule has 0 saturated carbocycles. The molecule has 0 unspecified atom stereocenters. The summed E-state index contributed by atoms with van der Waals surface area (Å²) in [5.41, 5.74) is 5.71. The van der Waals surface area contributed by atoms with Crippen LogP contribution in [0.4, 0.5) is 0 Å². The van der Waals surface area contributed by atoms with Gasteiger partial charge >= 0.3 is 0 Å². The van der Waals surface area contributed by atoms with E-state index in [-0.39, 0.29) is 10.9 Å². The second-order valence-electron chi connectivity index (χ2n) is 12.3. The van der Waals surface area contributed by atoms with Crippen LogP contribution in [0.1, 0.15) is 43.2 Å². The van der Waals surface area contributed by atoms with Crippen molar-refractivity contribution < 1.29 is 9.22 Å². The van der Waals surface area contributed by atoms with Crippen molar-refractivity contribution in [1.82, 2.24) is 19.9 Å². The van der Waals surface area contributed by atoms with Crippen LogP contribution in [0.5, 0.6) is 0 Å². The van der Waals surface area contributed by atoms with Crippen molar-refractivity contribution in [2.45, 2.75) is 51.9 Å². The van der Waals surface area contributed by atoms with Gasteiger partial charge in [0, 0.05) is 51.8 Å². The SMILES string of the molecule is CC(C)(C)[Si](C)(C)OCCCNC(=O)c1[nH]c2cc(Cl)ccc2c1-c1c(-c2ccccc2)ncn1Cc1ccc(Cl)cc1. The number of imidazole rings is 1. The van der Waals surface area contributed by atoms with Gasteiger partial charge < -0.3 is 19.3 Å². The number of rotatable bonds is 10. The number of H-pyrrole nitrogens is 1. The summed E-state index contributed by atoms with van der Waals surface area (Å²) in [5, 5.41) is 5.43. The fraction of sp³-hybridized carbons (Fsp3) is 0.294. The molecule has 0 radical (unpaired) electrons. The maximum atomic E-state index is 13.8. The number of carbonyl (C=O) groups excluding carboxylic acids is 1. The van der Waals surface area contributed by atoms with Crippen molar-refractivity contribution in [2.24, 2.45) is 0 Å². The van der Waals surface area contributed by atoms with Gasteiger partial charge in [0.05, 0.1) is 17.7 Å². The lowest BCUT2D eigenvalue weighted by molar-refractivity contribution is 0.0947. The Labute approximate surface area is 264 Å². The molecule has 0 fully saturated rings. The first-order valence-electron chi connectivity index (χ1n) is 14.5. The number of aromatic amines is 1. The second kappa shape index (κ2) is 12.7. The number of halogens is 2. The number of aromatic nitrogens is 3. The Balaban J connectivity index is 1.52. The van der Waals surface area contributed by atoms with Gasteiger partial charge in [-0.05, 0) is 54.4 Å². The summed E-state index contributed by atoms with van der Waals surface area (Å²) < 4.78 is 8.40. The van der Waals surface area contributed by atoms with E-state index in [4.69, 9.17) is 32.6 Å². The Hall–Kier alpha value is -3.36. The highest BCUT2D eigenvalue weighted by molar-refractivity contribution is 6.74. The summed E-state index contributed by atoms with van der Waals surface area (Å²) >= 11 is 12.6. The highest BCUT2D eigenvalue weighted by atomic mass is 35.5. The average Bonchev–Trinajstić information content (AvgIpc) is 3.54. The van der Waals surface area contributed by atoms with E-state index in [1.54, 1.807) is 0 Å². The highest BCUT2D eigenvalue weighted by Gasteiger charge is 2.36. The number of hydrogen-bond donors (Lipinski definition) is 2. The van der Waals surface area contributed by atoms with Crippen LogP contribution >= 0.6 is 23.2 Å². The van der Waals surface area contributed by atoms with Crippen LogP contribution in [0.3, 0.4) is 0 Å². The molecule has 9 heteroatoms. The molecular weight excluding hydrogens is 595 g/mol. The van der Waals surface area contributed by atoms with Crippen LogP contribution in [0, 0.1) is 0 Å². The van der Waals surface area contributed by atoms with Gasteiger partial charge in [-0.3, -0.25) is 4.79 Å². The van der Waals surface area contributed by atoms with Gasteiger partial charge in [-0.2, -0.15) is 0 Å². The first-order valence-corrected chi connectivity index (χ1v) is 18.2. The molecule has 0 aliphatic rings. The van der Waals surface area contributed by atoms with Crippen molar-refractivity contribution in [1.29, 1.82) is 0 Å². The van der Waals surface area contributed by atoms with Crippen molar-refractivity contribution in [3.63, 3.8) is 0 Å². The first-order chi connectivity index (χ1) is 20.4. The van der Waals surface area contributed by atoms with Crippen molar-refractivity contribution in [3.8, 4) is 22.5 Å². The van der Waals surface area contributed by atoms with E-state index < -0.39 is 8.32 Å². The minimum Gasteiger partial charge on any atom is -0.417 e. The highest BCUT2D eigenvalue weighted by Crippen LogP contribution is 2.40. The van der Waals surface area contributed by atoms with Gasteiger partial charge in [-0.15, -0.1) is 0 Å². The second-order valence-corrected chi connectivity index (χ2v) is 18.0. The number of nitrogens with one attached hydrogen (secondary N) is 2. The smallest absolute Gasteiger partial charge is 0.268 e. The fourth-order valence-corrected chi connectivity index (χ4v) is 6.24. The number of fused-ring (bicyclic) bond motifs is 1. The molecule has 3 aromatic carbocycles. The number of amides is 1. The predicted octanol–water partition coefficient (Wildman–Crippen LogP) is 9.20. The standard InChI is InChI=1S/C34H38Cl2N4O2Si/c1-34(2,3)43(4,5)42-19-9-18-37-33(41)31-29(27-17-16-26(36)20-28(27)39-31)32-30(24-10-7-6-8-11-24)38-22-40(32)21-23-12-14-25(35)15-13-23/h6-8,10-17,20,22,39H,9,18-19,21H2,1-5H3,(H,37,41). The van der Waals surface area contributed by atoms with Gasteiger partial charge in [0.1, 0.15) is 5.69 Å². The predicted molar refractivity (Wildman–Crippen MR) is 181 cm³/mol. The van der Waals surface area contributed by atoms with Crippen molar-refractivity contribution in [2.75, 3.05) is 13.2 Å². The summed E-state index contributed by atoms with van der Waals surface area (Å²) in [4.78, 5) is 22.1. The summed E-state index contributed by atoms with van der Waals surface area (Å²) in [6.07, 6.45) is 2.56. The zero-order valence-electron chi connectivity index (χ0n) is 25.3. The number of nitrogens with zero attached hydrogens (tertiary/aromatic N) is 2. The molecule has 0 aliphatic carbocycles. The van der Waals surface area contributed by atoms with Crippen LogP contribution in [-0.2, 0) is 11.0 Å². The van der Waals surface area contributed by atoms with Crippen molar-refractivity contribution >= 4 is 48.3 Å². The molecule has 2 N–H and O–H groups in total. The molecule has 0 aliphatic heterocycles. The molecule has 6 nitrogen and oxygen atoms in total. The maximum Gasteiger partial charge on any atom is 0.268 e. The lowest BCUT2D eigenvalue weighted by Crippen LogP contribution is -2.41. The Morgan fingerprint density at radius 2 is 1.70 bits per heavy atom. The molecule has 5 rings (SSSR count). The zero-order chi connectivity index (χ0) is 30.8. The lowest BCUT2D eigenvalue weighted by Gasteiger charge is -2.36. The number of carbonyl (C=O) groups is 1. The third-order valence-electron chi connectivity index (χ3n) is 8.25. The molecular formula is C34H38Cl2N4O2Si. The largest absolute Gasteiger partial charge is 0.417 e. The Morgan fingerprint density at radius 3 is 2.40 bits per heavy atom. The van der Waals surface area contributed by atoms with E-state index in [2.05, 4.69) is 48.7 Å². The summed E-state index contributed by atoms with van der Waals surface area (Å²) in [7, 11) is -1.85. The van der Waals surface area contributed by atoms with Crippen LogP contribution in [-0.4, -0.2) is 41.9 Å². The molecule has 224 valence electrons. The van der Waals surface area contributed by atoms with Gasteiger partial charge in [0.15, 0.2) is 8.32 Å². The third-order valence-corrected chi connectivity index (χ3v) is 13.3. The number of benzene rings is 3. The quantitative estimate of drug-likeness (QED) is 0.119. The van der Waals surface area contributed by atoms with E-state index in [0.29, 0.717) is 35.4 Å². The molecule has 43 heavy (non-hydrogen) atoms. The van der Waals surface area contributed by atoms with E-state index >= 15 is 0 Å². The zero-order valence-corrected chi connectivity index (χ0v) is 27.8. The third kappa shape index (κ3) is 6.91. The molecule has 1 amide bonds. The maximum absolute atomic E-state index is 13.8. The molecule has 2 aromatic heterocycles. The lowest BCUT2D eigenvalue weighted by atomic mass is 10.0. The average molecular weight is 634 g/mol. The van der Waals surface area contributed by atoms with Gasteiger partial charge in [-0.25, -0.2) is 4.98 Å². The van der Waals surface area contributed by atoms with Crippen LogP contribution in [0.15, 0.2) is 79.1 Å². The Morgan fingerprint density at radius 1 is 1.00 bits per heavy atom. The molecule has 0 bridgehead atoms. The van der Waals surface area contributed by atoms with E-state index in [0.717, 1.165) is 45.4 Å². The van der Waals surface area contributed by atoms with Gasteiger partial charge in [-0.1, -0.05) is 92.5 Å². The van der Waals surface area contributed by atoms with E-state index in [1.165, 1.54) is 0 Å². The first kappa shape index (κ1) is 31.1. The Kier molecular flexibility index (Phi) is 9.18. The summed E-state index contributed by atoms with van der Waals surface area (Å²) in [6, 6.07) is 23.5. The van der Waals surface area contributed by atoms with Crippen LogP contribution < -0.4 is 5.32 Å². The summed E-state index contributed by atoms with van der Waals surface area (Å²) in [5.74, 6) is -0.187. The summed E-state index contributed by atoms with van der Waals surface area (Å²) in [6.45, 7) is 12.8. The Bertz CT molecular complexity index is 1720. The molecule has 5 aromatic rings. The van der Waals surface area contributed by atoms with Crippen LogP contribution in [0.25, 0.3) is 33.4 Å². The van der Waals surface area contributed by atoms with E-state index in [9.17, 15) is 4.79 Å². The minimum atomic E-state index is -1.85. The van der Waals surface area contributed by atoms with E-state index in [1.807, 2.05) is 79.1 Å². The fourth-order valence-electron chi connectivity index (χ4n) is 4.85. The van der Waals surface area contributed by atoms with Crippen LogP contribution in [0.2, 0.25) is 28.2 Å².